The van der Waals surface area contributed by atoms with E-state index in [4.69, 9.17) is 0 Å². The van der Waals surface area contributed by atoms with Gasteiger partial charge >= 0.3 is 0 Å². The summed E-state index contributed by atoms with van der Waals surface area (Å²) in [6.45, 7) is 0. The van der Waals surface area contributed by atoms with Crippen LogP contribution in [0.2, 0.25) is 0 Å². The van der Waals surface area contributed by atoms with Crippen LogP contribution in [0.5, 0.6) is 5.75 Å². The van der Waals surface area contributed by atoms with Crippen LogP contribution >= 0.6 is 0 Å². The monoisotopic (exact) mass is 416 g/mol. The number of nitrogens with one attached hydrogen (secondary N) is 1. The van der Waals surface area contributed by atoms with Gasteiger partial charge in [0.15, 0.2) is 0 Å². The zero-order chi connectivity index (χ0) is 21.9. The number of phenols is 1. The van der Waals surface area contributed by atoms with Crippen molar-refractivity contribution in [2.75, 3.05) is 0 Å². The highest BCUT2D eigenvalue weighted by atomic mass is 16.3. The second-order valence-corrected chi connectivity index (χ2v) is 7.55. The highest BCUT2D eigenvalue weighted by Gasteiger charge is 2.14. The zero-order valence-electron chi connectivity index (χ0n) is 17.2. The molecule has 4 heteroatoms. The molecule has 1 amide bonds. The number of carbonyl (C=O) groups is 1. The summed E-state index contributed by atoms with van der Waals surface area (Å²) in [5.41, 5.74) is 5.23. The fraction of sp³-hybridized carbons (Fsp3) is 0. The lowest BCUT2D eigenvalue weighted by atomic mass is 9.99. The van der Waals surface area contributed by atoms with Crippen molar-refractivity contribution in [1.82, 2.24) is 5.43 Å². The van der Waals surface area contributed by atoms with Gasteiger partial charge in [0.2, 0.25) is 0 Å². The van der Waals surface area contributed by atoms with Gasteiger partial charge in [0, 0.05) is 11.1 Å². The molecule has 2 N–H and O–H groups in total. The maximum atomic E-state index is 12.9. The first-order valence-corrected chi connectivity index (χ1v) is 10.3. The van der Waals surface area contributed by atoms with E-state index in [1.165, 1.54) is 0 Å². The molecule has 0 bridgehead atoms. The number of amides is 1. The van der Waals surface area contributed by atoms with Gasteiger partial charge in [-0.25, -0.2) is 5.43 Å². The first-order valence-electron chi connectivity index (χ1n) is 10.3. The van der Waals surface area contributed by atoms with E-state index in [9.17, 15) is 9.90 Å². The molecule has 0 heterocycles. The van der Waals surface area contributed by atoms with E-state index in [0.717, 1.165) is 32.7 Å². The van der Waals surface area contributed by atoms with Crippen molar-refractivity contribution in [1.29, 1.82) is 0 Å². The van der Waals surface area contributed by atoms with Crippen molar-refractivity contribution < 1.29 is 9.90 Å². The van der Waals surface area contributed by atoms with Gasteiger partial charge in [0.05, 0.1) is 11.3 Å². The fourth-order valence-electron chi connectivity index (χ4n) is 3.81. The number of carbonyl (C=O) groups excluding carboxylic acids is 1. The van der Waals surface area contributed by atoms with Crippen LogP contribution in [0.4, 0.5) is 0 Å². The summed E-state index contributed by atoms with van der Waals surface area (Å²) in [5, 5.41) is 18.8. The van der Waals surface area contributed by atoms with Crippen molar-refractivity contribution in [2.24, 2.45) is 5.10 Å². The van der Waals surface area contributed by atoms with E-state index in [1.54, 1.807) is 12.1 Å². The summed E-state index contributed by atoms with van der Waals surface area (Å²) in [7, 11) is 0. The largest absolute Gasteiger partial charge is 0.507 e. The number of hydrogen-bond acceptors (Lipinski definition) is 3. The number of nitrogens with zero attached hydrogens (tertiary/aromatic N) is 1. The number of aromatic hydroxyl groups is 1. The van der Waals surface area contributed by atoms with Gasteiger partial charge in [-0.1, -0.05) is 91.0 Å². The topological polar surface area (TPSA) is 61.7 Å². The lowest BCUT2D eigenvalue weighted by molar-refractivity contribution is 0.0952. The van der Waals surface area contributed by atoms with E-state index in [0.29, 0.717) is 5.71 Å². The average molecular weight is 416 g/mol. The molecule has 32 heavy (non-hydrogen) atoms. The molecule has 0 aliphatic carbocycles. The molecule has 0 aliphatic rings. The molecule has 0 saturated carbocycles. The standard InChI is InChI=1S/C28H20N2O2/c31-26-18-23-13-7-6-12-22(23)17-25(26)28(32)30-29-27(20-9-2-1-3-10-20)24-15-14-19-8-4-5-11-21(19)16-24/h1-18,31H,(H,30,32). The Morgan fingerprint density at radius 3 is 1.94 bits per heavy atom. The van der Waals surface area contributed by atoms with Gasteiger partial charge in [-0.2, -0.15) is 5.10 Å². The molecule has 4 nitrogen and oxygen atoms in total. The Balaban J connectivity index is 1.54. The van der Waals surface area contributed by atoms with Crippen LogP contribution in [-0.2, 0) is 0 Å². The number of rotatable bonds is 4. The quantitative estimate of drug-likeness (QED) is 0.284. The van der Waals surface area contributed by atoms with Crippen molar-refractivity contribution in [2.45, 2.75) is 0 Å². The molecule has 0 unspecified atom stereocenters. The molecule has 0 saturated heterocycles. The first kappa shape index (κ1) is 19.5. The van der Waals surface area contributed by atoms with E-state index in [2.05, 4.69) is 22.7 Å². The summed E-state index contributed by atoms with van der Waals surface area (Å²) in [4.78, 5) is 12.9. The fourth-order valence-corrected chi connectivity index (χ4v) is 3.81. The minimum Gasteiger partial charge on any atom is -0.507 e. The third-order valence-corrected chi connectivity index (χ3v) is 5.45. The van der Waals surface area contributed by atoms with Gasteiger partial charge in [-0.15, -0.1) is 0 Å². The molecule has 5 aromatic rings. The van der Waals surface area contributed by atoms with Crippen molar-refractivity contribution >= 4 is 33.2 Å². The number of hydrazone groups is 1. The summed E-state index contributed by atoms with van der Waals surface area (Å²) >= 11 is 0. The Morgan fingerprint density at radius 2 is 1.22 bits per heavy atom. The molecular weight excluding hydrogens is 396 g/mol. The van der Waals surface area contributed by atoms with Gasteiger partial charge in [0.1, 0.15) is 5.75 Å². The van der Waals surface area contributed by atoms with E-state index < -0.39 is 5.91 Å². The molecule has 0 aromatic heterocycles. The first-order chi connectivity index (χ1) is 15.7. The number of hydrogen-bond donors (Lipinski definition) is 2. The highest BCUT2D eigenvalue weighted by molar-refractivity contribution is 6.15. The molecule has 0 atom stereocenters. The lowest BCUT2D eigenvalue weighted by Gasteiger charge is -2.10. The second-order valence-electron chi connectivity index (χ2n) is 7.55. The highest BCUT2D eigenvalue weighted by Crippen LogP contribution is 2.25. The third-order valence-electron chi connectivity index (χ3n) is 5.45. The van der Waals surface area contributed by atoms with Gasteiger partial charge in [-0.3, -0.25) is 4.79 Å². The maximum absolute atomic E-state index is 12.9. The Kier molecular flexibility index (Phi) is 5.10. The van der Waals surface area contributed by atoms with Gasteiger partial charge in [-0.05, 0) is 39.7 Å². The normalized spacial score (nSPS) is 11.6. The van der Waals surface area contributed by atoms with E-state index >= 15 is 0 Å². The molecule has 154 valence electrons. The summed E-state index contributed by atoms with van der Waals surface area (Å²) in [6.07, 6.45) is 0. The third kappa shape index (κ3) is 3.82. The summed E-state index contributed by atoms with van der Waals surface area (Å²) < 4.78 is 0. The van der Waals surface area contributed by atoms with Crippen LogP contribution in [0.25, 0.3) is 21.5 Å². The van der Waals surface area contributed by atoms with Crippen LogP contribution in [0.15, 0.2) is 114 Å². The molecule has 5 aromatic carbocycles. The smallest absolute Gasteiger partial charge is 0.275 e. The van der Waals surface area contributed by atoms with Gasteiger partial charge in [0.25, 0.3) is 5.91 Å². The van der Waals surface area contributed by atoms with E-state index in [1.807, 2.05) is 84.9 Å². The molecule has 0 radical (unpaired) electrons. The predicted octanol–water partition coefficient (Wildman–Crippen LogP) is 5.88. The second kappa shape index (κ2) is 8.36. The van der Waals surface area contributed by atoms with Crippen LogP contribution < -0.4 is 5.43 Å². The maximum Gasteiger partial charge on any atom is 0.275 e. The zero-order valence-corrected chi connectivity index (χ0v) is 17.2. The Bertz CT molecular complexity index is 1470. The molecular formula is C28H20N2O2. The molecule has 5 rings (SSSR count). The molecule has 0 fully saturated rings. The van der Waals surface area contributed by atoms with Crippen molar-refractivity contribution in [3.63, 3.8) is 0 Å². The summed E-state index contributed by atoms with van der Waals surface area (Å²) in [5.74, 6) is -0.550. The predicted molar refractivity (Wildman–Crippen MR) is 129 cm³/mol. The SMILES string of the molecule is O=C(NN=C(c1ccccc1)c1ccc2ccccc2c1)c1cc2ccccc2cc1O. The number of fused-ring (bicyclic) bond motifs is 2. The molecule has 0 aliphatic heterocycles. The Labute approximate surface area is 185 Å². The van der Waals surface area contributed by atoms with Crippen LogP contribution in [0, 0.1) is 0 Å². The Morgan fingerprint density at radius 1 is 0.625 bits per heavy atom. The average Bonchev–Trinajstić information content (AvgIpc) is 2.84. The van der Waals surface area contributed by atoms with Crippen molar-refractivity contribution in [3.05, 3.63) is 126 Å². The van der Waals surface area contributed by atoms with Crippen LogP contribution in [0.3, 0.4) is 0 Å². The minimum absolute atomic E-state index is 0.0802. The molecule has 0 spiro atoms. The lowest BCUT2D eigenvalue weighted by Crippen LogP contribution is -2.20. The minimum atomic E-state index is -0.470. The van der Waals surface area contributed by atoms with E-state index in [-0.39, 0.29) is 11.3 Å². The van der Waals surface area contributed by atoms with Crippen LogP contribution in [0.1, 0.15) is 21.5 Å². The number of benzene rings is 5. The van der Waals surface area contributed by atoms with Crippen LogP contribution in [-0.4, -0.2) is 16.7 Å². The Hall–Kier alpha value is -4.44. The van der Waals surface area contributed by atoms with Gasteiger partial charge < -0.3 is 5.11 Å². The number of phenolic OH excluding ortho intramolecular Hbond substituents is 1. The van der Waals surface area contributed by atoms with Crippen molar-refractivity contribution in [3.8, 4) is 5.75 Å². The summed E-state index contributed by atoms with van der Waals surface area (Å²) in [6, 6.07) is 34.8.